The lowest BCUT2D eigenvalue weighted by Gasteiger charge is -2.31. The average molecular weight is 251 g/mol. The summed E-state index contributed by atoms with van der Waals surface area (Å²) in [6, 6.07) is 8.13. The quantitative estimate of drug-likeness (QED) is 0.745. The minimum atomic E-state index is -0.119. The molecule has 102 valence electrons. The van der Waals surface area contributed by atoms with E-state index in [0.717, 1.165) is 31.6 Å². The van der Waals surface area contributed by atoms with Crippen LogP contribution in [0.25, 0.3) is 0 Å². The molecule has 0 saturated heterocycles. The molecule has 0 spiro atoms. The van der Waals surface area contributed by atoms with Crippen LogP contribution in [0.1, 0.15) is 32.3 Å². The Morgan fingerprint density at radius 2 is 1.78 bits per heavy atom. The summed E-state index contributed by atoms with van der Waals surface area (Å²) in [5, 5.41) is 12.9. The van der Waals surface area contributed by atoms with Gasteiger partial charge in [0.25, 0.3) is 0 Å². The highest BCUT2D eigenvalue weighted by molar-refractivity contribution is 5.27. The summed E-state index contributed by atoms with van der Waals surface area (Å²) in [6.45, 7) is 5.30. The van der Waals surface area contributed by atoms with Crippen molar-refractivity contribution in [3.8, 4) is 5.75 Å². The Bertz CT molecular complexity index is 323. The first-order chi connectivity index (χ1) is 8.69. The van der Waals surface area contributed by atoms with E-state index in [1.54, 1.807) is 7.11 Å². The number of hydrogen-bond acceptors (Lipinski definition) is 3. The van der Waals surface area contributed by atoms with Gasteiger partial charge < -0.3 is 15.2 Å². The second-order valence-electron chi connectivity index (χ2n) is 4.67. The van der Waals surface area contributed by atoms with E-state index in [1.165, 1.54) is 5.56 Å². The highest BCUT2D eigenvalue weighted by atomic mass is 16.5. The molecule has 1 aromatic carbocycles. The maximum Gasteiger partial charge on any atom is 0.118 e. The lowest BCUT2D eigenvalue weighted by Crippen LogP contribution is -2.48. The Labute approximate surface area is 110 Å². The van der Waals surface area contributed by atoms with Crippen molar-refractivity contribution in [2.45, 2.75) is 38.6 Å². The van der Waals surface area contributed by atoms with Crippen molar-refractivity contribution in [2.75, 3.05) is 20.3 Å². The molecule has 0 aromatic heterocycles. The zero-order chi connectivity index (χ0) is 13.4. The molecule has 3 heteroatoms. The monoisotopic (exact) mass is 251 g/mol. The topological polar surface area (TPSA) is 41.5 Å². The third-order valence-corrected chi connectivity index (χ3v) is 3.73. The molecular formula is C15H25NO2. The van der Waals surface area contributed by atoms with E-state index in [1.807, 2.05) is 12.1 Å². The second kappa shape index (κ2) is 7.39. The molecule has 1 aromatic rings. The number of methoxy groups -OCH3 is 1. The molecule has 0 aliphatic rings. The van der Waals surface area contributed by atoms with Crippen LogP contribution in [0.4, 0.5) is 0 Å². The molecule has 3 nitrogen and oxygen atoms in total. The van der Waals surface area contributed by atoms with Crippen molar-refractivity contribution in [1.82, 2.24) is 5.32 Å². The van der Waals surface area contributed by atoms with Gasteiger partial charge in [-0.2, -0.15) is 0 Å². The molecule has 1 rings (SSSR count). The van der Waals surface area contributed by atoms with E-state index in [4.69, 9.17) is 4.74 Å². The summed E-state index contributed by atoms with van der Waals surface area (Å²) in [5.41, 5.74) is 1.16. The van der Waals surface area contributed by atoms with E-state index < -0.39 is 0 Å². The van der Waals surface area contributed by atoms with Crippen LogP contribution in [-0.4, -0.2) is 30.9 Å². The van der Waals surface area contributed by atoms with Crippen molar-refractivity contribution >= 4 is 0 Å². The molecule has 0 atom stereocenters. The summed E-state index contributed by atoms with van der Waals surface area (Å²) in [6.07, 6.45) is 2.86. The highest BCUT2D eigenvalue weighted by Gasteiger charge is 2.23. The van der Waals surface area contributed by atoms with Gasteiger partial charge >= 0.3 is 0 Å². The minimum Gasteiger partial charge on any atom is -0.497 e. The van der Waals surface area contributed by atoms with Crippen LogP contribution in [0.2, 0.25) is 0 Å². The normalized spacial score (nSPS) is 11.6. The van der Waals surface area contributed by atoms with Crippen LogP contribution in [0.5, 0.6) is 5.75 Å². The number of benzene rings is 1. The average Bonchev–Trinajstić information content (AvgIpc) is 2.45. The number of nitrogens with one attached hydrogen (secondary N) is 1. The van der Waals surface area contributed by atoms with Gasteiger partial charge in [0.15, 0.2) is 0 Å². The summed E-state index contributed by atoms with van der Waals surface area (Å²) in [7, 11) is 1.68. The van der Waals surface area contributed by atoms with Crippen LogP contribution >= 0.6 is 0 Å². The maximum absolute atomic E-state index is 9.46. The Balaban J connectivity index is 2.44. The fourth-order valence-corrected chi connectivity index (χ4v) is 2.04. The molecule has 0 saturated carbocycles. The van der Waals surface area contributed by atoms with Gasteiger partial charge in [-0.3, -0.25) is 0 Å². The maximum atomic E-state index is 9.46. The van der Waals surface area contributed by atoms with E-state index in [0.29, 0.717) is 0 Å². The van der Waals surface area contributed by atoms with Crippen molar-refractivity contribution < 1.29 is 9.84 Å². The zero-order valence-corrected chi connectivity index (χ0v) is 11.7. The van der Waals surface area contributed by atoms with Gasteiger partial charge in [0.05, 0.1) is 13.7 Å². The van der Waals surface area contributed by atoms with Crippen molar-refractivity contribution in [2.24, 2.45) is 0 Å². The van der Waals surface area contributed by atoms with Crippen molar-refractivity contribution in [3.05, 3.63) is 29.8 Å². The first-order valence-electron chi connectivity index (χ1n) is 6.68. The van der Waals surface area contributed by atoms with Crippen LogP contribution in [0, 0.1) is 0 Å². The fourth-order valence-electron chi connectivity index (χ4n) is 2.04. The number of hydrogen-bond donors (Lipinski definition) is 2. The molecule has 0 aliphatic carbocycles. The van der Waals surface area contributed by atoms with Gasteiger partial charge in [-0.05, 0) is 43.5 Å². The van der Waals surface area contributed by atoms with Crippen molar-refractivity contribution in [1.29, 1.82) is 0 Å². The molecule has 0 aliphatic heterocycles. The van der Waals surface area contributed by atoms with Gasteiger partial charge in [0.1, 0.15) is 5.75 Å². The summed E-state index contributed by atoms with van der Waals surface area (Å²) in [5.74, 6) is 0.888. The summed E-state index contributed by atoms with van der Waals surface area (Å²) >= 11 is 0. The summed E-state index contributed by atoms with van der Waals surface area (Å²) < 4.78 is 5.13. The number of aliphatic hydroxyl groups is 1. The lowest BCUT2D eigenvalue weighted by atomic mass is 9.93. The third kappa shape index (κ3) is 4.00. The number of ether oxygens (including phenoxy) is 1. The second-order valence-corrected chi connectivity index (χ2v) is 4.67. The molecule has 0 fully saturated rings. The van der Waals surface area contributed by atoms with Crippen LogP contribution in [-0.2, 0) is 6.42 Å². The Hall–Kier alpha value is -1.06. The standard InChI is InChI=1S/C15H25NO2/c1-4-15(5-2,12-17)16-11-10-13-6-8-14(18-3)9-7-13/h6-9,16-17H,4-5,10-12H2,1-3H3. The van der Waals surface area contributed by atoms with Crippen LogP contribution in [0.15, 0.2) is 24.3 Å². The number of rotatable bonds is 8. The van der Waals surface area contributed by atoms with Gasteiger partial charge in [-0.1, -0.05) is 26.0 Å². The first-order valence-corrected chi connectivity index (χ1v) is 6.68. The molecule has 18 heavy (non-hydrogen) atoms. The predicted octanol–water partition coefficient (Wildman–Crippen LogP) is 2.38. The molecule has 0 amide bonds. The Morgan fingerprint density at radius 1 is 1.17 bits per heavy atom. The Morgan fingerprint density at radius 3 is 2.22 bits per heavy atom. The highest BCUT2D eigenvalue weighted by Crippen LogP contribution is 2.15. The molecule has 0 radical (unpaired) electrons. The SMILES string of the molecule is CCC(CC)(CO)NCCc1ccc(OC)cc1. The molecular weight excluding hydrogens is 226 g/mol. The Kier molecular flexibility index (Phi) is 6.16. The van der Waals surface area contributed by atoms with Gasteiger partial charge in [0.2, 0.25) is 0 Å². The van der Waals surface area contributed by atoms with Crippen LogP contribution in [0.3, 0.4) is 0 Å². The zero-order valence-electron chi connectivity index (χ0n) is 11.7. The van der Waals surface area contributed by atoms with Gasteiger partial charge in [-0.15, -0.1) is 0 Å². The van der Waals surface area contributed by atoms with Crippen LogP contribution < -0.4 is 10.1 Å². The van der Waals surface area contributed by atoms with Gasteiger partial charge in [-0.25, -0.2) is 0 Å². The fraction of sp³-hybridized carbons (Fsp3) is 0.600. The molecule has 0 unspecified atom stereocenters. The largest absolute Gasteiger partial charge is 0.497 e. The summed E-state index contributed by atoms with van der Waals surface area (Å²) in [4.78, 5) is 0. The van der Waals surface area contributed by atoms with Crippen molar-refractivity contribution in [3.63, 3.8) is 0 Å². The molecule has 0 bridgehead atoms. The first kappa shape index (κ1) is 15.0. The molecule has 2 N–H and O–H groups in total. The lowest BCUT2D eigenvalue weighted by molar-refractivity contribution is 0.152. The third-order valence-electron chi connectivity index (χ3n) is 3.73. The van der Waals surface area contributed by atoms with E-state index in [2.05, 4.69) is 31.3 Å². The van der Waals surface area contributed by atoms with E-state index in [9.17, 15) is 5.11 Å². The van der Waals surface area contributed by atoms with Gasteiger partial charge in [0, 0.05) is 5.54 Å². The predicted molar refractivity (Wildman–Crippen MR) is 75.1 cm³/mol. The van der Waals surface area contributed by atoms with E-state index in [-0.39, 0.29) is 12.1 Å². The van der Waals surface area contributed by atoms with E-state index >= 15 is 0 Å². The smallest absolute Gasteiger partial charge is 0.118 e. The molecule has 0 heterocycles. The minimum absolute atomic E-state index is 0.119. The number of aliphatic hydroxyl groups excluding tert-OH is 1.